The fourth-order valence-corrected chi connectivity index (χ4v) is 6.48. The summed E-state index contributed by atoms with van der Waals surface area (Å²) in [5.41, 5.74) is 3.61. The summed E-state index contributed by atoms with van der Waals surface area (Å²) in [6.45, 7) is 5.90. The van der Waals surface area contributed by atoms with Crippen molar-refractivity contribution in [3.05, 3.63) is 93.0 Å². The highest BCUT2D eigenvalue weighted by molar-refractivity contribution is 6.31. The van der Waals surface area contributed by atoms with Crippen LogP contribution >= 0.6 is 23.2 Å². The molecule has 0 radical (unpaired) electrons. The third kappa shape index (κ3) is 5.92. The smallest absolute Gasteiger partial charge is 0.248 e. The highest BCUT2D eigenvalue weighted by atomic mass is 35.5. The van der Waals surface area contributed by atoms with Crippen LogP contribution in [0.15, 0.2) is 54.6 Å². The van der Waals surface area contributed by atoms with Gasteiger partial charge in [-0.05, 0) is 60.8 Å². The number of halogens is 4. The molecule has 3 aromatic carbocycles. The van der Waals surface area contributed by atoms with Crippen LogP contribution in [-0.4, -0.2) is 43.0 Å². The second-order valence-corrected chi connectivity index (χ2v) is 12.7. The maximum absolute atomic E-state index is 15.9. The van der Waals surface area contributed by atoms with E-state index in [0.29, 0.717) is 6.42 Å². The van der Waals surface area contributed by atoms with Crippen LogP contribution in [0.5, 0.6) is 5.75 Å². The molecule has 11 heteroatoms. The Morgan fingerprint density at radius 1 is 1.14 bits per heavy atom. The lowest BCUT2D eigenvalue weighted by Crippen LogP contribution is -2.45. The summed E-state index contributed by atoms with van der Waals surface area (Å²) in [6.07, 6.45) is 0.345. The van der Waals surface area contributed by atoms with E-state index in [2.05, 4.69) is 11.4 Å². The number of ether oxygens (including phenoxy) is 1. The van der Waals surface area contributed by atoms with Gasteiger partial charge < -0.3 is 15.8 Å². The molecule has 0 aliphatic carbocycles. The van der Waals surface area contributed by atoms with E-state index in [1.54, 1.807) is 11.9 Å². The zero-order valence-corrected chi connectivity index (χ0v) is 25.9. The van der Waals surface area contributed by atoms with Gasteiger partial charge in [0, 0.05) is 28.1 Å². The van der Waals surface area contributed by atoms with Crippen molar-refractivity contribution in [1.29, 1.82) is 5.26 Å². The molecule has 0 saturated carbocycles. The summed E-state index contributed by atoms with van der Waals surface area (Å²) in [4.78, 5) is 27.7. The van der Waals surface area contributed by atoms with Gasteiger partial charge in [-0.2, -0.15) is 5.26 Å². The molecule has 2 amide bonds. The normalized spacial score (nSPS) is 22.2. The molecule has 4 unspecified atom stereocenters. The fourth-order valence-electron chi connectivity index (χ4n) is 6.13. The number of amides is 2. The Kier molecular flexibility index (Phi) is 9.08. The Hall–Kier alpha value is -3.71. The van der Waals surface area contributed by atoms with Gasteiger partial charge in [0.2, 0.25) is 11.8 Å². The number of nitrogens with one attached hydrogen (secondary N) is 1. The van der Waals surface area contributed by atoms with Gasteiger partial charge in [0.05, 0.1) is 29.9 Å². The molecule has 3 aromatic rings. The number of hydrogen-bond donors (Lipinski definition) is 2. The van der Waals surface area contributed by atoms with Gasteiger partial charge in [-0.1, -0.05) is 62.2 Å². The van der Waals surface area contributed by atoms with Crippen LogP contribution in [0.4, 0.5) is 14.5 Å². The van der Waals surface area contributed by atoms with Crippen LogP contribution in [0.25, 0.3) is 0 Å². The minimum absolute atomic E-state index is 0.0106. The highest BCUT2D eigenvalue weighted by Crippen LogP contribution is 2.56. The first-order chi connectivity index (χ1) is 20.2. The number of nitrogens with two attached hydrogens (primary N) is 1. The quantitative estimate of drug-likeness (QED) is 0.303. The summed E-state index contributed by atoms with van der Waals surface area (Å²) in [5.74, 6) is -3.91. The molecule has 0 spiro atoms. The maximum Gasteiger partial charge on any atom is 0.248 e. The van der Waals surface area contributed by atoms with Crippen LogP contribution in [0.1, 0.15) is 54.6 Å². The first-order valence-electron chi connectivity index (χ1n) is 13.5. The number of carbonyl (C=O) groups excluding carboxylic acids is 2. The summed E-state index contributed by atoms with van der Waals surface area (Å²) in [6, 6.07) is 13.0. The lowest BCUT2D eigenvalue weighted by atomic mass is 9.62. The second kappa shape index (κ2) is 12.1. The molecule has 1 saturated heterocycles. The third-order valence-electron chi connectivity index (χ3n) is 7.96. The van der Waals surface area contributed by atoms with Crippen LogP contribution in [-0.2, 0) is 10.2 Å². The Morgan fingerprint density at radius 2 is 1.84 bits per heavy atom. The molecule has 1 fully saturated rings. The Morgan fingerprint density at radius 3 is 2.42 bits per heavy atom. The van der Waals surface area contributed by atoms with Crippen molar-refractivity contribution in [2.24, 2.45) is 11.1 Å². The number of carbonyl (C=O) groups is 2. The molecule has 7 nitrogen and oxygen atoms in total. The number of nitriles is 1. The number of anilines is 1. The topological polar surface area (TPSA) is 108 Å². The number of likely N-dealkylation sites (N-methyl/N-ethyl adjacent to an activating group) is 1. The first-order valence-corrected chi connectivity index (χ1v) is 14.2. The van der Waals surface area contributed by atoms with E-state index in [9.17, 15) is 14.9 Å². The van der Waals surface area contributed by atoms with Crippen molar-refractivity contribution < 1.29 is 23.1 Å². The van der Waals surface area contributed by atoms with Crippen molar-refractivity contribution in [2.75, 3.05) is 19.5 Å². The Balaban J connectivity index is 2.00. The van der Waals surface area contributed by atoms with E-state index in [4.69, 9.17) is 33.7 Å². The predicted octanol–water partition coefficient (Wildman–Crippen LogP) is 6.68. The molecule has 4 rings (SSSR count). The van der Waals surface area contributed by atoms with Crippen LogP contribution in [0.2, 0.25) is 10.0 Å². The van der Waals surface area contributed by atoms with E-state index in [0.717, 1.165) is 6.07 Å². The zero-order chi connectivity index (χ0) is 31.9. The van der Waals surface area contributed by atoms with Crippen LogP contribution in [0.3, 0.4) is 0 Å². The van der Waals surface area contributed by atoms with Crippen molar-refractivity contribution in [3.63, 3.8) is 0 Å². The summed E-state index contributed by atoms with van der Waals surface area (Å²) in [7, 11) is 3.03. The highest BCUT2D eigenvalue weighted by Gasteiger charge is 2.63. The van der Waals surface area contributed by atoms with Crippen molar-refractivity contribution >= 4 is 40.7 Å². The molecule has 1 aliphatic heterocycles. The van der Waals surface area contributed by atoms with Crippen molar-refractivity contribution in [3.8, 4) is 11.8 Å². The number of rotatable bonds is 7. The maximum atomic E-state index is 15.9. The molecule has 4 atom stereocenters. The molecule has 1 heterocycles. The molecule has 0 bridgehead atoms. The molecule has 3 N–H and O–H groups in total. The van der Waals surface area contributed by atoms with E-state index >= 15 is 8.78 Å². The first kappa shape index (κ1) is 32.2. The van der Waals surface area contributed by atoms with Gasteiger partial charge in [-0.15, -0.1) is 0 Å². The minimum Gasteiger partial charge on any atom is -0.495 e. The van der Waals surface area contributed by atoms with Gasteiger partial charge >= 0.3 is 0 Å². The molecular formula is C32H32Cl2F2N4O3. The minimum atomic E-state index is -1.76. The molecule has 43 heavy (non-hydrogen) atoms. The number of benzene rings is 3. The zero-order valence-electron chi connectivity index (χ0n) is 24.3. The SMILES string of the molecule is COc1cc(C(N)=O)ccc1NC(=O)C1C(c2cccc(Cl)c2F)C(C#N)(c2ccc(Cl)cc2F)C(CC(C)(C)C)N1C. The van der Waals surface area contributed by atoms with Gasteiger partial charge in [-0.25, -0.2) is 8.78 Å². The standard InChI is InChI=1S/C32H32Cl2F2N4O3/c1-31(2,3)15-25-32(16-37,20-11-10-18(33)14-22(20)35)26(19-7-6-8-21(34)27(19)36)28(40(25)4)30(42)39-23-12-9-17(29(38)41)13-24(23)43-5/h6-14,25-26,28H,15H2,1-5H3,(H2,38,41)(H,39,42). The van der Waals surface area contributed by atoms with E-state index < -0.39 is 46.9 Å². The van der Waals surface area contributed by atoms with E-state index in [1.165, 1.54) is 55.6 Å². The van der Waals surface area contributed by atoms with Crippen LogP contribution in [0, 0.1) is 28.4 Å². The number of methoxy groups -OCH3 is 1. The number of hydrogen-bond acceptors (Lipinski definition) is 5. The third-order valence-corrected chi connectivity index (χ3v) is 8.49. The lowest BCUT2D eigenvalue weighted by molar-refractivity contribution is -0.120. The van der Waals surface area contributed by atoms with Crippen molar-refractivity contribution in [2.45, 2.75) is 50.6 Å². The summed E-state index contributed by atoms with van der Waals surface area (Å²) < 4.78 is 37.2. The molecule has 226 valence electrons. The average Bonchev–Trinajstić information content (AvgIpc) is 3.17. The van der Waals surface area contributed by atoms with Gasteiger partial charge in [0.25, 0.3) is 0 Å². The summed E-state index contributed by atoms with van der Waals surface area (Å²) >= 11 is 12.3. The monoisotopic (exact) mass is 628 g/mol. The Bertz CT molecular complexity index is 1620. The second-order valence-electron chi connectivity index (χ2n) is 11.9. The Labute approximate surface area is 259 Å². The lowest BCUT2D eigenvalue weighted by Gasteiger charge is -2.38. The van der Waals surface area contributed by atoms with E-state index in [-0.39, 0.29) is 43.6 Å². The largest absolute Gasteiger partial charge is 0.495 e. The molecular weight excluding hydrogens is 597 g/mol. The molecule has 1 aliphatic rings. The van der Waals surface area contributed by atoms with Gasteiger partial charge in [0.1, 0.15) is 22.8 Å². The van der Waals surface area contributed by atoms with Gasteiger partial charge in [0.15, 0.2) is 0 Å². The average molecular weight is 630 g/mol. The number of nitrogens with zero attached hydrogens (tertiary/aromatic N) is 2. The van der Waals surface area contributed by atoms with Crippen molar-refractivity contribution in [1.82, 2.24) is 4.90 Å². The van der Waals surface area contributed by atoms with Gasteiger partial charge in [-0.3, -0.25) is 14.5 Å². The number of likely N-dealkylation sites (tertiary alicyclic amines) is 1. The van der Waals surface area contributed by atoms with Crippen LogP contribution < -0.4 is 15.8 Å². The number of primary amides is 1. The van der Waals surface area contributed by atoms with E-state index in [1.807, 2.05) is 20.8 Å². The molecule has 0 aromatic heterocycles. The predicted molar refractivity (Wildman–Crippen MR) is 162 cm³/mol. The fraction of sp³-hybridized carbons (Fsp3) is 0.344. The summed E-state index contributed by atoms with van der Waals surface area (Å²) in [5, 5.41) is 13.8.